The van der Waals surface area contributed by atoms with Crippen molar-refractivity contribution in [1.29, 1.82) is 0 Å². The van der Waals surface area contributed by atoms with Crippen LogP contribution in [0, 0.1) is 26.2 Å². The van der Waals surface area contributed by atoms with Crippen molar-refractivity contribution in [3.05, 3.63) is 34.4 Å². The Balaban J connectivity index is 2.02. The van der Waals surface area contributed by atoms with E-state index in [0.717, 1.165) is 13.1 Å². The topological polar surface area (TPSA) is 23.5 Å². The Bertz CT molecular complexity index is 443. The summed E-state index contributed by atoms with van der Waals surface area (Å²) in [5.74, 6) is 0. The lowest BCUT2D eigenvalue weighted by molar-refractivity contribution is 0.0127. The molecule has 1 aromatic rings. The van der Waals surface area contributed by atoms with E-state index in [1.54, 1.807) is 0 Å². The van der Waals surface area contributed by atoms with Crippen molar-refractivity contribution in [2.24, 2.45) is 5.41 Å². The molecule has 1 aliphatic rings. The highest BCUT2D eigenvalue weighted by molar-refractivity contribution is 5.36. The van der Waals surface area contributed by atoms with Gasteiger partial charge in [-0.25, -0.2) is 0 Å². The molecule has 19 heavy (non-hydrogen) atoms. The molecule has 0 bridgehead atoms. The second-order valence-corrected chi connectivity index (χ2v) is 6.55. The monoisotopic (exact) mass is 261 g/mol. The molecule has 1 aromatic carbocycles. The molecule has 2 rings (SSSR count). The Morgan fingerprint density at radius 2 is 1.74 bits per heavy atom. The van der Waals surface area contributed by atoms with Gasteiger partial charge in [0.15, 0.2) is 0 Å². The minimum Gasteiger partial charge on any atom is -0.396 e. The zero-order chi connectivity index (χ0) is 14.0. The molecule has 0 atom stereocenters. The molecule has 1 fully saturated rings. The Labute approximate surface area is 117 Å². The third kappa shape index (κ3) is 3.18. The first-order chi connectivity index (χ1) is 8.96. The maximum Gasteiger partial charge on any atom is 0.0499 e. The van der Waals surface area contributed by atoms with E-state index < -0.39 is 0 Å². The van der Waals surface area contributed by atoms with E-state index in [2.05, 4.69) is 44.9 Å². The largest absolute Gasteiger partial charge is 0.396 e. The van der Waals surface area contributed by atoms with Gasteiger partial charge < -0.3 is 10.0 Å². The van der Waals surface area contributed by atoms with Crippen molar-refractivity contribution < 1.29 is 5.11 Å². The SMILES string of the molecule is Cc1cc(C)c(CN(C)CC2(CO)CCC2)cc1C. The lowest BCUT2D eigenvalue weighted by atomic mass is 9.69. The summed E-state index contributed by atoms with van der Waals surface area (Å²) >= 11 is 0. The van der Waals surface area contributed by atoms with Crippen LogP contribution in [0.25, 0.3) is 0 Å². The molecule has 0 spiro atoms. The maximum absolute atomic E-state index is 9.56. The summed E-state index contributed by atoms with van der Waals surface area (Å²) < 4.78 is 0. The molecular formula is C17H27NO. The fraction of sp³-hybridized carbons (Fsp3) is 0.647. The molecule has 0 aliphatic heterocycles. The first-order valence-corrected chi connectivity index (χ1v) is 7.32. The summed E-state index contributed by atoms with van der Waals surface area (Å²) in [6.07, 6.45) is 3.64. The fourth-order valence-corrected chi connectivity index (χ4v) is 3.15. The standard InChI is InChI=1S/C17H27NO/c1-13-8-15(3)16(9-14(13)2)10-18(4)11-17(12-19)6-5-7-17/h8-9,19H,5-7,10-12H2,1-4H3. The number of hydrogen-bond donors (Lipinski definition) is 1. The van der Waals surface area contributed by atoms with Crippen LogP contribution in [0.4, 0.5) is 0 Å². The van der Waals surface area contributed by atoms with Gasteiger partial charge in [-0.1, -0.05) is 18.6 Å². The molecule has 106 valence electrons. The van der Waals surface area contributed by atoms with Gasteiger partial charge >= 0.3 is 0 Å². The average molecular weight is 261 g/mol. The summed E-state index contributed by atoms with van der Waals surface area (Å²) in [5, 5.41) is 9.56. The third-order valence-corrected chi connectivity index (χ3v) is 4.75. The molecule has 1 N–H and O–H groups in total. The smallest absolute Gasteiger partial charge is 0.0499 e. The highest BCUT2D eigenvalue weighted by atomic mass is 16.3. The van der Waals surface area contributed by atoms with Crippen LogP contribution in [0.15, 0.2) is 12.1 Å². The Kier molecular flexibility index (Phi) is 4.32. The second-order valence-electron chi connectivity index (χ2n) is 6.55. The van der Waals surface area contributed by atoms with Crippen LogP contribution < -0.4 is 0 Å². The van der Waals surface area contributed by atoms with Gasteiger partial charge in [0, 0.05) is 25.1 Å². The van der Waals surface area contributed by atoms with E-state index in [1.165, 1.54) is 41.5 Å². The van der Waals surface area contributed by atoms with Crippen LogP contribution in [0.2, 0.25) is 0 Å². The predicted octanol–water partition coefficient (Wildman–Crippen LogP) is 3.21. The van der Waals surface area contributed by atoms with E-state index in [4.69, 9.17) is 0 Å². The van der Waals surface area contributed by atoms with E-state index >= 15 is 0 Å². The van der Waals surface area contributed by atoms with Crippen molar-refractivity contribution in [2.45, 2.75) is 46.6 Å². The summed E-state index contributed by atoms with van der Waals surface area (Å²) in [5.41, 5.74) is 5.71. The van der Waals surface area contributed by atoms with Crippen molar-refractivity contribution in [3.63, 3.8) is 0 Å². The molecule has 0 amide bonds. The van der Waals surface area contributed by atoms with Crippen LogP contribution >= 0.6 is 0 Å². The van der Waals surface area contributed by atoms with Gasteiger partial charge in [0.2, 0.25) is 0 Å². The van der Waals surface area contributed by atoms with Gasteiger partial charge in [-0.3, -0.25) is 0 Å². The Hall–Kier alpha value is -0.860. The van der Waals surface area contributed by atoms with Crippen LogP contribution in [-0.4, -0.2) is 30.2 Å². The molecule has 2 heteroatoms. The second kappa shape index (κ2) is 5.64. The number of nitrogens with zero attached hydrogens (tertiary/aromatic N) is 1. The first kappa shape index (κ1) is 14.5. The van der Waals surface area contributed by atoms with E-state index in [1.807, 2.05) is 0 Å². The minimum absolute atomic E-state index is 0.183. The van der Waals surface area contributed by atoms with Crippen molar-refractivity contribution >= 4 is 0 Å². The molecule has 0 heterocycles. The number of benzene rings is 1. The Morgan fingerprint density at radius 1 is 1.11 bits per heavy atom. The predicted molar refractivity (Wildman–Crippen MR) is 80.4 cm³/mol. The molecule has 0 unspecified atom stereocenters. The summed E-state index contributed by atoms with van der Waals surface area (Å²) in [7, 11) is 2.17. The van der Waals surface area contributed by atoms with E-state index in [9.17, 15) is 5.11 Å². The van der Waals surface area contributed by atoms with Crippen LogP contribution in [0.5, 0.6) is 0 Å². The van der Waals surface area contributed by atoms with Gasteiger partial charge in [-0.2, -0.15) is 0 Å². The summed E-state index contributed by atoms with van der Waals surface area (Å²) in [6.45, 7) is 8.87. The van der Waals surface area contributed by atoms with Crippen molar-refractivity contribution in [2.75, 3.05) is 20.2 Å². The maximum atomic E-state index is 9.56. The number of aryl methyl sites for hydroxylation is 3. The van der Waals surface area contributed by atoms with Gasteiger partial charge in [0.1, 0.15) is 0 Å². The van der Waals surface area contributed by atoms with Crippen LogP contribution in [-0.2, 0) is 6.54 Å². The summed E-state index contributed by atoms with van der Waals surface area (Å²) in [4.78, 5) is 2.37. The lowest BCUT2D eigenvalue weighted by Gasteiger charge is -2.43. The zero-order valence-corrected chi connectivity index (χ0v) is 12.8. The van der Waals surface area contributed by atoms with Gasteiger partial charge in [0.05, 0.1) is 0 Å². The third-order valence-electron chi connectivity index (χ3n) is 4.75. The normalized spacial score (nSPS) is 17.6. The molecular weight excluding hydrogens is 234 g/mol. The van der Waals surface area contributed by atoms with Gasteiger partial charge in [0.25, 0.3) is 0 Å². The molecule has 1 aliphatic carbocycles. The van der Waals surface area contributed by atoms with E-state index in [0.29, 0.717) is 6.61 Å². The van der Waals surface area contributed by atoms with E-state index in [-0.39, 0.29) is 5.41 Å². The number of aliphatic hydroxyl groups excluding tert-OH is 1. The van der Waals surface area contributed by atoms with Crippen LogP contribution in [0.3, 0.4) is 0 Å². The van der Waals surface area contributed by atoms with Crippen molar-refractivity contribution in [1.82, 2.24) is 4.90 Å². The number of hydrogen-bond acceptors (Lipinski definition) is 2. The van der Waals surface area contributed by atoms with Crippen LogP contribution in [0.1, 0.15) is 41.5 Å². The lowest BCUT2D eigenvalue weighted by Crippen LogP contribution is -2.43. The summed E-state index contributed by atoms with van der Waals surface area (Å²) in [6, 6.07) is 4.59. The quantitative estimate of drug-likeness (QED) is 0.880. The molecule has 0 saturated heterocycles. The molecule has 1 saturated carbocycles. The molecule has 0 radical (unpaired) electrons. The number of aliphatic hydroxyl groups is 1. The van der Waals surface area contributed by atoms with Crippen molar-refractivity contribution in [3.8, 4) is 0 Å². The molecule has 0 aromatic heterocycles. The zero-order valence-electron chi connectivity index (χ0n) is 12.8. The average Bonchev–Trinajstić information content (AvgIpc) is 2.31. The Morgan fingerprint density at radius 3 is 2.26 bits per heavy atom. The van der Waals surface area contributed by atoms with Gasteiger partial charge in [-0.05, 0) is 62.9 Å². The van der Waals surface area contributed by atoms with Gasteiger partial charge in [-0.15, -0.1) is 0 Å². The highest BCUT2D eigenvalue weighted by Crippen LogP contribution is 2.41. The number of rotatable bonds is 5. The fourth-order valence-electron chi connectivity index (χ4n) is 3.15. The highest BCUT2D eigenvalue weighted by Gasteiger charge is 2.37. The minimum atomic E-state index is 0.183. The molecule has 2 nitrogen and oxygen atoms in total. The first-order valence-electron chi connectivity index (χ1n) is 7.32.